The van der Waals surface area contributed by atoms with Gasteiger partial charge < -0.3 is 4.74 Å². The van der Waals surface area contributed by atoms with Crippen LogP contribution in [0.25, 0.3) is 0 Å². The third kappa shape index (κ3) is 3.01. The van der Waals surface area contributed by atoms with E-state index in [0.717, 1.165) is 13.0 Å². The molecule has 0 aromatic heterocycles. The molecule has 2 aliphatic rings. The fourth-order valence-corrected chi connectivity index (χ4v) is 2.85. The smallest absolute Gasteiger partial charge is 0.237 e. The van der Waals surface area contributed by atoms with Crippen LogP contribution in [0.2, 0.25) is 0 Å². The number of unbranched alkanes of at least 4 members (excludes halogenated alkanes) is 3. The lowest BCUT2D eigenvalue weighted by molar-refractivity contribution is -0.127. The second-order valence-electron chi connectivity index (χ2n) is 5.50. The van der Waals surface area contributed by atoms with Crippen LogP contribution in [0.3, 0.4) is 0 Å². The average molecular weight is 277 g/mol. The minimum absolute atomic E-state index is 0.192. The maximum Gasteiger partial charge on any atom is 0.237 e. The van der Waals surface area contributed by atoms with Crippen molar-refractivity contribution in [2.75, 3.05) is 13.2 Å². The van der Waals surface area contributed by atoms with E-state index in [2.05, 4.69) is 12.2 Å². The first-order valence-electron chi connectivity index (χ1n) is 7.50. The number of imide groups is 1. The van der Waals surface area contributed by atoms with E-state index in [9.17, 15) is 9.59 Å². The quantitative estimate of drug-likeness (QED) is 0.547. The number of carbonyl (C=O) groups excluding carboxylic acids is 2. The summed E-state index contributed by atoms with van der Waals surface area (Å²) < 4.78 is 5.62. The predicted octanol–water partition coefficient (Wildman–Crippen LogP) is 2.36. The minimum Gasteiger partial charge on any atom is -0.381 e. The van der Waals surface area contributed by atoms with Gasteiger partial charge >= 0.3 is 0 Å². The molecule has 2 amide bonds. The van der Waals surface area contributed by atoms with E-state index < -0.39 is 5.41 Å². The maximum absolute atomic E-state index is 12.1. The molecule has 1 aliphatic heterocycles. The molecule has 0 spiro atoms. The minimum atomic E-state index is -0.727. The van der Waals surface area contributed by atoms with Crippen LogP contribution < -0.4 is 5.32 Å². The Bertz CT molecular complexity index is 427. The molecule has 4 nitrogen and oxygen atoms in total. The van der Waals surface area contributed by atoms with Crippen molar-refractivity contribution in [2.45, 2.75) is 39.0 Å². The van der Waals surface area contributed by atoms with Crippen LogP contribution in [-0.4, -0.2) is 25.0 Å². The highest BCUT2D eigenvalue weighted by molar-refractivity contribution is 6.09. The standard InChI is InChI=1S/C16H23NO3/c1-2-3-4-7-11-20-12-10-16-9-6-5-8-13(16)14(18)17-15(16)19/h5-6,8-9,13H,2-4,7,10-12H2,1H3,(H,17,18,19). The number of hydrogen-bond donors (Lipinski definition) is 1. The Balaban J connectivity index is 1.81. The lowest BCUT2D eigenvalue weighted by atomic mass is 9.72. The molecule has 0 radical (unpaired) electrons. The lowest BCUT2D eigenvalue weighted by Gasteiger charge is -2.28. The molecule has 1 heterocycles. The molecule has 1 saturated heterocycles. The number of hydrogen-bond acceptors (Lipinski definition) is 3. The summed E-state index contributed by atoms with van der Waals surface area (Å²) in [5.74, 6) is -0.759. The van der Waals surface area contributed by atoms with E-state index in [0.29, 0.717) is 13.0 Å². The molecule has 1 fully saturated rings. The van der Waals surface area contributed by atoms with Crippen molar-refractivity contribution in [3.05, 3.63) is 24.3 Å². The molecule has 110 valence electrons. The molecular weight excluding hydrogens is 254 g/mol. The van der Waals surface area contributed by atoms with Crippen LogP contribution in [0.15, 0.2) is 24.3 Å². The molecular formula is C16H23NO3. The summed E-state index contributed by atoms with van der Waals surface area (Å²) >= 11 is 0. The van der Waals surface area contributed by atoms with Gasteiger partial charge in [0, 0.05) is 13.2 Å². The van der Waals surface area contributed by atoms with Gasteiger partial charge in [0.2, 0.25) is 11.8 Å². The zero-order valence-electron chi connectivity index (χ0n) is 12.1. The Morgan fingerprint density at radius 2 is 2.05 bits per heavy atom. The Labute approximate surface area is 120 Å². The van der Waals surface area contributed by atoms with Gasteiger partial charge in [-0.3, -0.25) is 14.9 Å². The molecule has 4 heteroatoms. The van der Waals surface area contributed by atoms with Crippen LogP contribution >= 0.6 is 0 Å². The normalized spacial score (nSPS) is 27.8. The highest BCUT2D eigenvalue weighted by Crippen LogP contribution is 2.41. The summed E-state index contributed by atoms with van der Waals surface area (Å²) in [5.41, 5.74) is -0.727. The third-order valence-electron chi connectivity index (χ3n) is 4.11. The number of fused-ring (bicyclic) bond motifs is 1. The van der Waals surface area contributed by atoms with E-state index in [-0.39, 0.29) is 17.7 Å². The number of nitrogens with one attached hydrogen (secondary N) is 1. The zero-order chi connectivity index (χ0) is 14.4. The molecule has 1 aliphatic carbocycles. The second-order valence-corrected chi connectivity index (χ2v) is 5.50. The Morgan fingerprint density at radius 1 is 1.20 bits per heavy atom. The SMILES string of the molecule is CCCCCCOCCC12C=CC=CC1C(=O)NC2=O. The molecule has 0 bridgehead atoms. The lowest BCUT2D eigenvalue weighted by Crippen LogP contribution is -2.35. The van der Waals surface area contributed by atoms with Crippen LogP contribution in [0.1, 0.15) is 39.0 Å². The van der Waals surface area contributed by atoms with Crippen molar-refractivity contribution in [1.29, 1.82) is 0 Å². The van der Waals surface area contributed by atoms with Gasteiger partial charge in [-0.25, -0.2) is 0 Å². The van der Waals surface area contributed by atoms with Crippen molar-refractivity contribution < 1.29 is 14.3 Å². The predicted molar refractivity (Wildman–Crippen MR) is 76.9 cm³/mol. The van der Waals surface area contributed by atoms with E-state index in [1.54, 1.807) is 0 Å². The Morgan fingerprint density at radius 3 is 2.85 bits per heavy atom. The van der Waals surface area contributed by atoms with Crippen molar-refractivity contribution in [3.8, 4) is 0 Å². The molecule has 2 rings (SSSR count). The fraction of sp³-hybridized carbons (Fsp3) is 0.625. The highest BCUT2D eigenvalue weighted by atomic mass is 16.5. The van der Waals surface area contributed by atoms with E-state index in [4.69, 9.17) is 4.74 Å². The topological polar surface area (TPSA) is 55.4 Å². The van der Waals surface area contributed by atoms with Crippen LogP contribution in [0.4, 0.5) is 0 Å². The van der Waals surface area contributed by atoms with Crippen molar-refractivity contribution in [1.82, 2.24) is 5.32 Å². The van der Waals surface area contributed by atoms with Crippen molar-refractivity contribution >= 4 is 11.8 Å². The summed E-state index contributed by atoms with van der Waals surface area (Å²) in [6.07, 6.45) is 12.6. The number of ether oxygens (including phenoxy) is 1. The van der Waals surface area contributed by atoms with Gasteiger partial charge in [-0.2, -0.15) is 0 Å². The zero-order valence-corrected chi connectivity index (χ0v) is 12.1. The highest BCUT2D eigenvalue weighted by Gasteiger charge is 2.52. The first-order valence-corrected chi connectivity index (χ1v) is 7.50. The maximum atomic E-state index is 12.1. The third-order valence-corrected chi connectivity index (χ3v) is 4.11. The molecule has 20 heavy (non-hydrogen) atoms. The summed E-state index contributed by atoms with van der Waals surface area (Å²) in [6, 6.07) is 0. The number of rotatable bonds is 8. The second kappa shape index (κ2) is 6.84. The van der Waals surface area contributed by atoms with E-state index in [1.165, 1.54) is 19.3 Å². The molecule has 2 atom stereocenters. The van der Waals surface area contributed by atoms with Crippen LogP contribution in [-0.2, 0) is 14.3 Å². The van der Waals surface area contributed by atoms with Gasteiger partial charge in [0.15, 0.2) is 0 Å². The summed E-state index contributed by atoms with van der Waals surface area (Å²) in [6.45, 7) is 3.43. The first-order chi connectivity index (χ1) is 9.70. The first kappa shape index (κ1) is 15.0. The largest absolute Gasteiger partial charge is 0.381 e. The average Bonchev–Trinajstić information content (AvgIpc) is 2.70. The fourth-order valence-electron chi connectivity index (χ4n) is 2.85. The number of carbonyl (C=O) groups is 2. The van der Waals surface area contributed by atoms with Gasteiger partial charge in [0.05, 0.1) is 11.3 Å². The van der Waals surface area contributed by atoms with Crippen LogP contribution in [0.5, 0.6) is 0 Å². The van der Waals surface area contributed by atoms with Crippen molar-refractivity contribution in [2.24, 2.45) is 11.3 Å². The van der Waals surface area contributed by atoms with Gasteiger partial charge in [-0.05, 0) is 12.8 Å². The Kier molecular flexibility index (Phi) is 5.12. The van der Waals surface area contributed by atoms with Gasteiger partial charge in [-0.1, -0.05) is 50.5 Å². The summed E-state index contributed by atoms with van der Waals surface area (Å²) in [5, 5.41) is 2.43. The van der Waals surface area contributed by atoms with Gasteiger partial charge in [0.25, 0.3) is 0 Å². The number of allylic oxidation sites excluding steroid dienone is 2. The van der Waals surface area contributed by atoms with Crippen molar-refractivity contribution in [3.63, 3.8) is 0 Å². The Hall–Kier alpha value is -1.42. The van der Waals surface area contributed by atoms with Gasteiger partial charge in [0.1, 0.15) is 0 Å². The summed E-state index contributed by atoms with van der Waals surface area (Å²) in [4.78, 5) is 23.8. The van der Waals surface area contributed by atoms with Crippen LogP contribution in [0, 0.1) is 11.3 Å². The molecule has 2 unspecified atom stereocenters. The molecule has 0 aromatic carbocycles. The van der Waals surface area contributed by atoms with E-state index in [1.807, 2.05) is 24.3 Å². The van der Waals surface area contributed by atoms with E-state index >= 15 is 0 Å². The molecule has 0 aromatic rings. The number of amides is 2. The van der Waals surface area contributed by atoms with Gasteiger partial charge in [-0.15, -0.1) is 0 Å². The molecule has 0 saturated carbocycles. The summed E-state index contributed by atoms with van der Waals surface area (Å²) in [7, 11) is 0. The monoisotopic (exact) mass is 277 g/mol. The molecule has 1 N–H and O–H groups in total.